The summed E-state index contributed by atoms with van der Waals surface area (Å²) in [7, 11) is 0. The van der Waals surface area contributed by atoms with Crippen LogP contribution in [-0.2, 0) is 4.79 Å². The number of hydrogen-bond donors (Lipinski definition) is 3. The predicted octanol–water partition coefficient (Wildman–Crippen LogP) is 2.71. The summed E-state index contributed by atoms with van der Waals surface area (Å²) in [6.07, 6.45) is -0.164. The van der Waals surface area contributed by atoms with E-state index in [4.69, 9.17) is 16.7 Å². The van der Waals surface area contributed by atoms with Gasteiger partial charge in [0.25, 0.3) is 0 Å². The highest BCUT2D eigenvalue weighted by atomic mass is 35.5. The minimum atomic E-state index is -0.974. The minimum absolute atomic E-state index is 0.164. The van der Waals surface area contributed by atoms with Gasteiger partial charge in [0.15, 0.2) is 0 Å². The zero-order valence-electron chi connectivity index (χ0n) is 10.2. The number of para-hydroxylation sites is 1. The molecule has 1 aromatic carbocycles. The van der Waals surface area contributed by atoms with E-state index in [9.17, 15) is 9.59 Å². The summed E-state index contributed by atoms with van der Waals surface area (Å²) in [5.41, 5.74) is -0.361. The second-order valence-electron chi connectivity index (χ2n) is 4.51. The van der Waals surface area contributed by atoms with E-state index in [1.807, 2.05) is 0 Å². The molecule has 2 amide bonds. The highest BCUT2D eigenvalue weighted by Crippen LogP contribution is 2.20. The lowest BCUT2D eigenvalue weighted by Gasteiger charge is -2.24. The van der Waals surface area contributed by atoms with Crippen molar-refractivity contribution < 1.29 is 14.7 Å². The molecule has 18 heavy (non-hydrogen) atoms. The number of aliphatic carboxylic acids is 1. The first-order valence-electron chi connectivity index (χ1n) is 5.36. The monoisotopic (exact) mass is 270 g/mol. The van der Waals surface area contributed by atoms with Crippen LogP contribution in [0.1, 0.15) is 20.3 Å². The Labute approximate surface area is 110 Å². The van der Waals surface area contributed by atoms with Crippen molar-refractivity contribution in [1.82, 2.24) is 5.32 Å². The standard InChI is InChI=1S/C12H15ClN2O3/c1-12(2,7-10(16)17)15-11(18)14-9-6-4-3-5-8(9)13/h3-6H,7H2,1-2H3,(H,16,17)(H2,14,15,18). The summed E-state index contributed by atoms with van der Waals surface area (Å²) >= 11 is 5.89. The molecule has 1 aromatic rings. The minimum Gasteiger partial charge on any atom is -0.481 e. The van der Waals surface area contributed by atoms with Crippen LogP contribution in [0.5, 0.6) is 0 Å². The number of urea groups is 1. The van der Waals surface area contributed by atoms with Gasteiger partial charge in [0.1, 0.15) is 0 Å². The molecule has 0 atom stereocenters. The Kier molecular flexibility index (Phi) is 4.55. The molecule has 0 aromatic heterocycles. The molecule has 0 saturated carbocycles. The van der Waals surface area contributed by atoms with Crippen molar-refractivity contribution >= 4 is 29.3 Å². The van der Waals surface area contributed by atoms with E-state index >= 15 is 0 Å². The zero-order chi connectivity index (χ0) is 13.8. The van der Waals surface area contributed by atoms with Crippen LogP contribution < -0.4 is 10.6 Å². The highest BCUT2D eigenvalue weighted by Gasteiger charge is 2.23. The number of carboxylic acid groups (broad SMARTS) is 1. The van der Waals surface area contributed by atoms with Gasteiger partial charge in [-0.2, -0.15) is 0 Å². The van der Waals surface area contributed by atoms with E-state index < -0.39 is 17.5 Å². The number of halogens is 1. The molecule has 0 unspecified atom stereocenters. The molecule has 0 spiro atoms. The Morgan fingerprint density at radius 3 is 2.50 bits per heavy atom. The van der Waals surface area contributed by atoms with E-state index in [0.29, 0.717) is 10.7 Å². The van der Waals surface area contributed by atoms with Crippen molar-refractivity contribution in [2.24, 2.45) is 0 Å². The van der Waals surface area contributed by atoms with Gasteiger partial charge in [-0.25, -0.2) is 4.79 Å². The van der Waals surface area contributed by atoms with Gasteiger partial charge in [0.05, 0.1) is 17.1 Å². The largest absolute Gasteiger partial charge is 0.481 e. The maximum Gasteiger partial charge on any atom is 0.319 e. The second kappa shape index (κ2) is 5.73. The van der Waals surface area contributed by atoms with Crippen LogP contribution in [0, 0.1) is 0 Å². The number of amides is 2. The van der Waals surface area contributed by atoms with E-state index in [1.165, 1.54) is 0 Å². The normalized spacial score (nSPS) is 10.8. The number of benzene rings is 1. The molecule has 0 fully saturated rings. The van der Waals surface area contributed by atoms with Crippen molar-refractivity contribution in [3.63, 3.8) is 0 Å². The van der Waals surface area contributed by atoms with Crippen LogP contribution in [0.4, 0.5) is 10.5 Å². The summed E-state index contributed by atoms with van der Waals surface area (Å²) < 4.78 is 0. The maximum atomic E-state index is 11.7. The van der Waals surface area contributed by atoms with Crippen molar-refractivity contribution in [2.75, 3.05) is 5.32 Å². The number of carboxylic acids is 1. The molecule has 98 valence electrons. The Hall–Kier alpha value is -1.75. The van der Waals surface area contributed by atoms with Gasteiger partial charge in [0.2, 0.25) is 0 Å². The van der Waals surface area contributed by atoms with Gasteiger partial charge in [0, 0.05) is 5.54 Å². The molecule has 0 aliphatic carbocycles. The molecule has 0 radical (unpaired) electrons. The molecule has 5 nitrogen and oxygen atoms in total. The number of hydrogen-bond acceptors (Lipinski definition) is 2. The zero-order valence-corrected chi connectivity index (χ0v) is 10.9. The number of anilines is 1. The number of nitrogens with one attached hydrogen (secondary N) is 2. The fourth-order valence-corrected chi connectivity index (χ4v) is 1.63. The summed E-state index contributed by atoms with van der Waals surface area (Å²) in [5, 5.41) is 14.3. The molecule has 0 heterocycles. The molecular weight excluding hydrogens is 256 g/mol. The van der Waals surface area contributed by atoms with E-state index in [-0.39, 0.29) is 6.42 Å². The Morgan fingerprint density at radius 1 is 1.33 bits per heavy atom. The first-order chi connectivity index (χ1) is 8.30. The summed E-state index contributed by atoms with van der Waals surface area (Å²) in [4.78, 5) is 22.3. The lowest BCUT2D eigenvalue weighted by Crippen LogP contribution is -2.46. The molecule has 6 heteroatoms. The molecule has 1 rings (SSSR count). The van der Waals surface area contributed by atoms with E-state index in [2.05, 4.69) is 10.6 Å². The van der Waals surface area contributed by atoms with Crippen LogP contribution in [0.25, 0.3) is 0 Å². The SMILES string of the molecule is CC(C)(CC(=O)O)NC(=O)Nc1ccccc1Cl. The third-order valence-corrected chi connectivity index (χ3v) is 2.50. The average Bonchev–Trinajstić information content (AvgIpc) is 2.18. The highest BCUT2D eigenvalue weighted by molar-refractivity contribution is 6.33. The van der Waals surface area contributed by atoms with Crippen molar-refractivity contribution in [1.29, 1.82) is 0 Å². The molecular formula is C12H15ClN2O3. The van der Waals surface area contributed by atoms with Gasteiger partial charge < -0.3 is 15.7 Å². The third kappa shape index (κ3) is 4.63. The lowest BCUT2D eigenvalue weighted by atomic mass is 10.0. The fourth-order valence-electron chi connectivity index (χ4n) is 1.45. The summed E-state index contributed by atoms with van der Waals surface area (Å²) in [6, 6.07) is 6.31. The summed E-state index contributed by atoms with van der Waals surface area (Å²) in [6.45, 7) is 3.26. The Bertz CT molecular complexity index is 460. The first-order valence-corrected chi connectivity index (χ1v) is 5.73. The quantitative estimate of drug-likeness (QED) is 0.787. The maximum absolute atomic E-state index is 11.7. The van der Waals surface area contributed by atoms with Crippen LogP contribution in [0.2, 0.25) is 5.02 Å². The Balaban J connectivity index is 2.62. The fraction of sp³-hybridized carbons (Fsp3) is 0.333. The molecule has 0 saturated heterocycles. The van der Waals surface area contributed by atoms with Crippen LogP contribution in [0.15, 0.2) is 24.3 Å². The third-order valence-electron chi connectivity index (χ3n) is 2.17. The van der Waals surface area contributed by atoms with Crippen molar-refractivity contribution in [3.8, 4) is 0 Å². The topological polar surface area (TPSA) is 78.4 Å². The second-order valence-corrected chi connectivity index (χ2v) is 4.92. The number of carbonyl (C=O) groups is 2. The van der Waals surface area contributed by atoms with E-state index in [0.717, 1.165) is 0 Å². The molecule has 3 N–H and O–H groups in total. The summed E-state index contributed by atoms with van der Waals surface area (Å²) in [5.74, 6) is -0.974. The van der Waals surface area contributed by atoms with E-state index in [1.54, 1.807) is 38.1 Å². The van der Waals surface area contributed by atoms with Gasteiger partial charge in [-0.15, -0.1) is 0 Å². The Morgan fingerprint density at radius 2 is 1.94 bits per heavy atom. The predicted molar refractivity (Wildman–Crippen MR) is 69.9 cm³/mol. The smallest absolute Gasteiger partial charge is 0.319 e. The number of carbonyl (C=O) groups excluding carboxylic acids is 1. The molecule has 0 bridgehead atoms. The van der Waals surface area contributed by atoms with Gasteiger partial charge in [-0.3, -0.25) is 4.79 Å². The van der Waals surface area contributed by atoms with Crippen molar-refractivity contribution in [3.05, 3.63) is 29.3 Å². The number of rotatable bonds is 4. The van der Waals surface area contributed by atoms with Crippen molar-refractivity contribution in [2.45, 2.75) is 25.8 Å². The average molecular weight is 271 g/mol. The van der Waals surface area contributed by atoms with Crippen LogP contribution >= 0.6 is 11.6 Å². The molecule has 0 aliphatic rings. The van der Waals surface area contributed by atoms with Gasteiger partial charge in [-0.05, 0) is 26.0 Å². The van der Waals surface area contributed by atoms with Gasteiger partial charge in [-0.1, -0.05) is 23.7 Å². The van der Waals surface area contributed by atoms with Gasteiger partial charge >= 0.3 is 12.0 Å². The lowest BCUT2D eigenvalue weighted by molar-refractivity contribution is -0.138. The van der Waals surface area contributed by atoms with Crippen LogP contribution in [-0.4, -0.2) is 22.6 Å². The molecule has 0 aliphatic heterocycles. The first kappa shape index (κ1) is 14.3. The van der Waals surface area contributed by atoms with Crippen LogP contribution in [0.3, 0.4) is 0 Å².